The predicted molar refractivity (Wildman–Crippen MR) is 83.0 cm³/mol. The first-order valence-corrected chi connectivity index (χ1v) is 7.91. The van der Waals surface area contributed by atoms with Gasteiger partial charge in [0.25, 0.3) is 0 Å². The van der Waals surface area contributed by atoms with E-state index in [4.69, 9.17) is 0 Å². The van der Waals surface area contributed by atoms with Gasteiger partial charge in [0.2, 0.25) is 0 Å². The van der Waals surface area contributed by atoms with Crippen molar-refractivity contribution in [2.24, 2.45) is 0 Å². The van der Waals surface area contributed by atoms with Crippen LogP contribution in [-0.2, 0) is 0 Å². The molecule has 0 unspecified atom stereocenters. The molecule has 7 nitrogen and oxygen atoms in total. The summed E-state index contributed by atoms with van der Waals surface area (Å²) in [4.78, 5) is 4.54. The van der Waals surface area contributed by atoms with E-state index in [9.17, 15) is 5.11 Å². The fourth-order valence-electron chi connectivity index (χ4n) is 3.31. The molecule has 22 heavy (non-hydrogen) atoms. The van der Waals surface area contributed by atoms with Crippen molar-refractivity contribution in [3.8, 4) is 0 Å². The van der Waals surface area contributed by atoms with Crippen molar-refractivity contribution in [2.45, 2.75) is 37.8 Å². The van der Waals surface area contributed by atoms with E-state index >= 15 is 0 Å². The van der Waals surface area contributed by atoms with Crippen LogP contribution in [0, 0.1) is 6.92 Å². The molecule has 3 heterocycles. The summed E-state index contributed by atoms with van der Waals surface area (Å²) in [7, 11) is 2.11. The van der Waals surface area contributed by atoms with Crippen molar-refractivity contribution < 1.29 is 5.11 Å². The molecule has 4 rings (SSSR count). The van der Waals surface area contributed by atoms with Gasteiger partial charge >= 0.3 is 0 Å². The van der Waals surface area contributed by atoms with Crippen LogP contribution in [0.25, 0.3) is 5.65 Å². The maximum absolute atomic E-state index is 10.3. The zero-order valence-corrected chi connectivity index (χ0v) is 13.1. The highest BCUT2D eigenvalue weighted by Crippen LogP contribution is 2.33. The fourth-order valence-corrected chi connectivity index (χ4v) is 3.31. The summed E-state index contributed by atoms with van der Waals surface area (Å²) < 4.78 is 1.78. The first-order chi connectivity index (χ1) is 10.5. The number of rotatable bonds is 4. The van der Waals surface area contributed by atoms with Crippen LogP contribution in [0.2, 0.25) is 0 Å². The molecule has 0 spiro atoms. The highest BCUT2D eigenvalue weighted by atomic mass is 16.3. The zero-order chi connectivity index (χ0) is 15.3. The standard InChI is InChI=1S/C15H22N6O/c1-11-16-17-13-4-5-14(18-21(11)13)20-8-12(9-20)19(2)10-15(22)6-3-7-15/h4-5,12,22H,3,6-10H2,1-2H3. The van der Waals surface area contributed by atoms with Gasteiger partial charge in [-0.2, -0.15) is 4.52 Å². The molecule has 0 amide bonds. The summed E-state index contributed by atoms with van der Waals surface area (Å²) in [6, 6.07) is 4.44. The minimum Gasteiger partial charge on any atom is -0.389 e. The molecule has 0 bridgehead atoms. The molecule has 7 heteroatoms. The highest BCUT2D eigenvalue weighted by molar-refractivity contribution is 5.47. The number of hydrogen-bond donors (Lipinski definition) is 1. The van der Waals surface area contributed by atoms with Crippen LogP contribution >= 0.6 is 0 Å². The number of aryl methyl sites for hydroxylation is 1. The lowest BCUT2D eigenvalue weighted by Crippen LogP contribution is -2.62. The summed E-state index contributed by atoms with van der Waals surface area (Å²) in [6.45, 7) is 4.59. The van der Waals surface area contributed by atoms with E-state index in [1.165, 1.54) is 0 Å². The first-order valence-electron chi connectivity index (χ1n) is 7.91. The topological polar surface area (TPSA) is 69.8 Å². The zero-order valence-electron chi connectivity index (χ0n) is 13.1. The Morgan fingerprint density at radius 1 is 1.32 bits per heavy atom. The van der Waals surface area contributed by atoms with Crippen molar-refractivity contribution in [1.29, 1.82) is 0 Å². The van der Waals surface area contributed by atoms with E-state index in [2.05, 4.69) is 32.1 Å². The lowest BCUT2D eigenvalue weighted by Gasteiger charge is -2.48. The minimum absolute atomic E-state index is 0.439. The molecule has 1 aliphatic carbocycles. The summed E-state index contributed by atoms with van der Waals surface area (Å²) >= 11 is 0. The predicted octanol–water partition coefficient (Wildman–Crippen LogP) is 0.468. The Morgan fingerprint density at radius 3 is 2.77 bits per heavy atom. The molecule has 2 fully saturated rings. The Labute approximate surface area is 129 Å². The second-order valence-corrected chi connectivity index (χ2v) is 6.76. The molecular weight excluding hydrogens is 280 g/mol. The van der Waals surface area contributed by atoms with Crippen LogP contribution in [0.3, 0.4) is 0 Å². The van der Waals surface area contributed by atoms with Crippen molar-refractivity contribution >= 4 is 11.5 Å². The number of hydrogen-bond acceptors (Lipinski definition) is 6. The maximum atomic E-state index is 10.3. The van der Waals surface area contributed by atoms with E-state index in [-0.39, 0.29) is 0 Å². The number of likely N-dealkylation sites (N-methyl/N-ethyl adjacent to an activating group) is 1. The Morgan fingerprint density at radius 2 is 2.09 bits per heavy atom. The minimum atomic E-state index is -0.439. The highest BCUT2D eigenvalue weighted by Gasteiger charge is 2.39. The maximum Gasteiger partial charge on any atom is 0.178 e. The molecule has 1 aliphatic heterocycles. The van der Waals surface area contributed by atoms with Gasteiger partial charge in [0, 0.05) is 25.7 Å². The summed E-state index contributed by atoms with van der Waals surface area (Å²) in [5.74, 6) is 1.76. The largest absolute Gasteiger partial charge is 0.389 e. The Hall–Kier alpha value is -1.73. The van der Waals surface area contributed by atoms with Gasteiger partial charge in [0.15, 0.2) is 11.5 Å². The van der Waals surface area contributed by atoms with E-state index in [1.807, 2.05) is 19.1 Å². The second kappa shape index (κ2) is 4.89. The van der Waals surface area contributed by atoms with E-state index in [0.717, 1.165) is 56.2 Å². The van der Waals surface area contributed by atoms with Gasteiger partial charge in [0.1, 0.15) is 5.82 Å². The molecule has 2 aromatic rings. The first kappa shape index (κ1) is 13.9. The van der Waals surface area contributed by atoms with Crippen LogP contribution in [0.1, 0.15) is 25.1 Å². The molecule has 1 N–H and O–H groups in total. The smallest absolute Gasteiger partial charge is 0.178 e. The van der Waals surface area contributed by atoms with Crippen LogP contribution in [-0.4, -0.2) is 68.1 Å². The van der Waals surface area contributed by atoms with Gasteiger partial charge in [-0.1, -0.05) is 0 Å². The Balaban J connectivity index is 1.40. The lowest BCUT2D eigenvalue weighted by atomic mass is 9.79. The van der Waals surface area contributed by atoms with Crippen molar-refractivity contribution in [1.82, 2.24) is 24.7 Å². The fraction of sp³-hybridized carbons (Fsp3) is 0.667. The number of nitrogens with zero attached hydrogens (tertiary/aromatic N) is 6. The quantitative estimate of drug-likeness (QED) is 0.885. The third-order valence-electron chi connectivity index (χ3n) is 5.04. The van der Waals surface area contributed by atoms with Crippen molar-refractivity contribution in [3.05, 3.63) is 18.0 Å². The van der Waals surface area contributed by atoms with Crippen LogP contribution < -0.4 is 4.90 Å². The molecule has 0 atom stereocenters. The Kier molecular flexibility index (Phi) is 3.09. The van der Waals surface area contributed by atoms with Crippen LogP contribution in [0.4, 0.5) is 5.82 Å². The molecule has 118 valence electrons. The molecule has 1 saturated heterocycles. The summed E-state index contributed by atoms with van der Waals surface area (Å²) in [5.41, 5.74) is 0.342. The third-order valence-corrected chi connectivity index (χ3v) is 5.04. The van der Waals surface area contributed by atoms with Gasteiger partial charge in [-0.05, 0) is 45.4 Å². The molecule has 2 aliphatic rings. The SMILES string of the molecule is Cc1nnc2ccc(N3CC(N(C)CC4(O)CCC4)C3)nn12. The number of anilines is 1. The van der Waals surface area contributed by atoms with E-state index in [1.54, 1.807) is 4.52 Å². The van der Waals surface area contributed by atoms with E-state index < -0.39 is 5.60 Å². The number of aliphatic hydroxyl groups is 1. The number of aromatic nitrogens is 4. The van der Waals surface area contributed by atoms with Gasteiger partial charge < -0.3 is 10.0 Å². The molecular formula is C15H22N6O. The molecule has 0 radical (unpaired) electrons. The summed E-state index contributed by atoms with van der Waals surface area (Å²) in [6.07, 6.45) is 3.04. The normalized spacial score (nSPS) is 21.2. The van der Waals surface area contributed by atoms with Crippen molar-refractivity contribution in [2.75, 3.05) is 31.6 Å². The van der Waals surface area contributed by atoms with Crippen LogP contribution in [0.15, 0.2) is 12.1 Å². The molecule has 0 aromatic carbocycles. The van der Waals surface area contributed by atoms with Crippen molar-refractivity contribution in [3.63, 3.8) is 0 Å². The molecule has 1 saturated carbocycles. The monoisotopic (exact) mass is 302 g/mol. The number of fused-ring (bicyclic) bond motifs is 1. The lowest BCUT2D eigenvalue weighted by molar-refractivity contribution is -0.0629. The van der Waals surface area contributed by atoms with Gasteiger partial charge in [0.05, 0.1) is 5.60 Å². The average Bonchev–Trinajstić information content (AvgIpc) is 2.77. The van der Waals surface area contributed by atoms with Crippen LogP contribution in [0.5, 0.6) is 0 Å². The van der Waals surface area contributed by atoms with Gasteiger partial charge in [-0.15, -0.1) is 15.3 Å². The third kappa shape index (κ3) is 2.24. The second-order valence-electron chi connectivity index (χ2n) is 6.76. The van der Waals surface area contributed by atoms with E-state index in [0.29, 0.717) is 6.04 Å². The van der Waals surface area contributed by atoms with Gasteiger partial charge in [-0.25, -0.2) is 0 Å². The Bertz CT molecular complexity index is 688. The average molecular weight is 302 g/mol. The summed E-state index contributed by atoms with van der Waals surface area (Å²) in [5, 5.41) is 23.0. The molecule has 2 aromatic heterocycles. The van der Waals surface area contributed by atoms with Gasteiger partial charge in [-0.3, -0.25) is 4.90 Å².